The van der Waals surface area contributed by atoms with E-state index in [-0.39, 0.29) is 5.69 Å². The van der Waals surface area contributed by atoms with Crippen molar-refractivity contribution in [2.24, 2.45) is 0 Å². The number of nitrogens with zero attached hydrogens (tertiary/aromatic N) is 2. The molecule has 3 rings (SSSR count). The van der Waals surface area contributed by atoms with E-state index in [0.717, 1.165) is 22.2 Å². The Kier molecular flexibility index (Phi) is 5.29. The highest BCUT2D eigenvalue weighted by molar-refractivity contribution is 8.14. The topological polar surface area (TPSA) is 114 Å². The lowest BCUT2D eigenvalue weighted by Crippen LogP contribution is -2.34. The van der Waals surface area contributed by atoms with Crippen LogP contribution in [0.2, 0.25) is 0 Å². The summed E-state index contributed by atoms with van der Waals surface area (Å²) in [5.74, 6) is -0.745. The summed E-state index contributed by atoms with van der Waals surface area (Å²) in [6, 6.07) is 7.79. The summed E-state index contributed by atoms with van der Waals surface area (Å²) >= 11 is 5.34. The molecule has 140 valence electrons. The van der Waals surface area contributed by atoms with Crippen LogP contribution in [-0.4, -0.2) is 38.1 Å². The van der Waals surface area contributed by atoms with Gasteiger partial charge in [0.1, 0.15) is 22.8 Å². The third-order valence-electron chi connectivity index (χ3n) is 3.87. The number of benzene rings is 1. The number of hydrogen-bond donors (Lipinski definition) is 2. The largest absolute Gasteiger partial charge is 0.480 e. The van der Waals surface area contributed by atoms with Gasteiger partial charge in [-0.2, -0.15) is 0 Å². The van der Waals surface area contributed by atoms with Gasteiger partial charge in [0.15, 0.2) is 0 Å². The van der Waals surface area contributed by atoms with Crippen LogP contribution < -0.4 is 0 Å². The molecule has 1 unspecified atom stereocenters. The summed E-state index contributed by atoms with van der Waals surface area (Å²) in [6.07, 6.45) is 1.51. The monoisotopic (exact) mass is 406 g/mol. The molecule has 1 aliphatic rings. The van der Waals surface area contributed by atoms with Crippen LogP contribution in [0.15, 0.2) is 39.7 Å². The minimum atomic E-state index is -1.12. The number of thioether (sulfide) groups is 1. The molecule has 2 heterocycles. The van der Waals surface area contributed by atoms with Gasteiger partial charge in [0.2, 0.25) is 0 Å². The van der Waals surface area contributed by atoms with Crippen molar-refractivity contribution in [3.63, 3.8) is 0 Å². The van der Waals surface area contributed by atoms with Crippen LogP contribution in [0.25, 0.3) is 17.4 Å². The second-order valence-electron chi connectivity index (χ2n) is 5.74. The molecule has 1 N–H and O–H groups in total. The average Bonchev–Trinajstić information content (AvgIpc) is 3.15. The highest BCUT2D eigenvalue weighted by Gasteiger charge is 2.35. The number of carbonyl (C=O) groups is 2. The van der Waals surface area contributed by atoms with E-state index >= 15 is 0 Å². The fraction of sp³-hybridized carbons (Fsp3) is 0.176. The maximum absolute atomic E-state index is 12.3. The van der Waals surface area contributed by atoms with E-state index in [1.54, 1.807) is 18.2 Å². The number of furan rings is 1. The third kappa shape index (κ3) is 4.01. The van der Waals surface area contributed by atoms with Gasteiger partial charge in [0.05, 0.1) is 9.83 Å². The second kappa shape index (κ2) is 7.49. The number of aryl methyl sites for hydroxylation is 1. The molecule has 0 spiro atoms. The van der Waals surface area contributed by atoms with E-state index in [1.807, 2.05) is 6.92 Å². The normalized spacial score (nSPS) is 18.3. The lowest BCUT2D eigenvalue weighted by molar-refractivity contribution is -0.384. The summed E-state index contributed by atoms with van der Waals surface area (Å²) in [5, 5.41) is 19.9. The molecule has 8 nitrogen and oxygen atoms in total. The molecule has 0 radical (unpaired) electrons. The van der Waals surface area contributed by atoms with Crippen LogP contribution in [0.3, 0.4) is 0 Å². The number of carboxylic acids is 1. The van der Waals surface area contributed by atoms with Crippen LogP contribution in [-0.2, 0) is 9.59 Å². The van der Waals surface area contributed by atoms with E-state index in [1.165, 1.54) is 18.2 Å². The maximum atomic E-state index is 12.3. The summed E-state index contributed by atoms with van der Waals surface area (Å²) in [7, 11) is 0. The van der Waals surface area contributed by atoms with Crippen molar-refractivity contribution in [2.45, 2.75) is 11.6 Å². The van der Waals surface area contributed by atoms with Crippen molar-refractivity contribution < 1.29 is 24.0 Å². The average molecular weight is 406 g/mol. The van der Waals surface area contributed by atoms with Gasteiger partial charge >= 0.3 is 5.97 Å². The van der Waals surface area contributed by atoms with E-state index in [9.17, 15) is 19.7 Å². The molecule has 0 bridgehead atoms. The Morgan fingerprint density at radius 1 is 1.44 bits per heavy atom. The third-order valence-corrected chi connectivity index (χ3v) is 5.48. The Hall–Kier alpha value is -2.72. The van der Waals surface area contributed by atoms with Gasteiger partial charge in [-0.05, 0) is 24.6 Å². The van der Waals surface area contributed by atoms with E-state index in [4.69, 9.17) is 9.52 Å². The molecular weight excluding hydrogens is 392 g/mol. The number of hydrogen-bond acceptors (Lipinski definition) is 7. The van der Waals surface area contributed by atoms with E-state index in [0.29, 0.717) is 22.0 Å². The summed E-state index contributed by atoms with van der Waals surface area (Å²) in [5.41, 5.74) is 1.35. The smallest absolute Gasteiger partial charge is 0.323 e. The first kappa shape index (κ1) is 19.1. The molecule has 0 saturated carbocycles. The highest BCUT2D eigenvalue weighted by atomic mass is 32.2. The first-order chi connectivity index (χ1) is 12.8. The Morgan fingerprint density at radius 3 is 2.85 bits per heavy atom. The van der Waals surface area contributed by atoms with E-state index in [2.05, 4.69) is 12.6 Å². The fourth-order valence-electron chi connectivity index (χ4n) is 2.55. The molecule has 10 heteroatoms. The fourth-order valence-corrected chi connectivity index (χ4v) is 4.01. The Labute approximate surface area is 163 Å². The number of aliphatic carboxylic acids is 1. The van der Waals surface area contributed by atoms with Crippen LogP contribution in [0.5, 0.6) is 0 Å². The zero-order chi connectivity index (χ0) is 19.7. The first-order valence-electron chi connectivity index (χ1n) is 7.70. The molecular formula is C17H14N2O6S2. The number of thiol groups is 1. The van der Waals surface area contributed by atoms with Gasteiger partial charge in [-0.1, -0.05) is 17.8 Å². The van der Waals surface area contributed by atoms with Gasteiger partial charge in [0, 0.05) is 23.8 Å². The second-order valence-corrected chi connectivity index (χ2v) is 7.70. The van der Waals surface area contributed by atoms with Crippen molar-refractivity contribution in [3.05, 3.63) is 56.7 Å². The van der Waals surface area contributed by atoms with Gasteiger partial charge in [-0.25, -0.2) is 0 Å². The van der Waals surface area contributed by atoms with Crippen LogP contribution in [0.4, 0.5) is 5.69 Å². The maximum Gasteiger partial charge on any atom is 0.323 e. The molecule has 1 amide bonds. The summed E-state index contributed by atoms with van der Waals surface area (Å²) < 4.78 is 5.13. The number of non-ortho nitro benzene ring substituents is 1. The zero-order valence-electron chi connectivity index (χ0n) is 14.0. The number of carbonyl (C=O) groups excluding carboxylic acids is 1. The summed E-state index contributed by atoms with van der Waals surface area (Å²) in [4.78, 5) is 35.1. The lowest BCUT2D eigenvalue weighted by atomic mass is 10.1. The van der Waals surface area contributed by atoms with Crippen molar-refractivity contribution in [2.75, 3.05) is 6.54 Å². The first-order valence-corrected chi connectivity index (χ1v) is 9.10. The van der Waals surface area contributed by atoms with Crippen molar-refractivity contribution in [3.8, 4) is 11.3 Å². The Morgan fingerprint density at radius 2 is 2.19 bits per heavy atom. The molecule has 0 aliphatic carbocycles. The Balaban J connectivity index is 1.88. The van der Waals surface area contributed by atoms with Crippen LogP contribution in [0.1, 0.15) is 11.3 Å². The zero-order valence-corrected chi connectivity index (χ0v) is 15.7. The van der Waals surface area contributed by atoms with Crippen molar-refractivity contribution in [1.29, 1.82) is 0 Å². The van der Waals surface area contributed by atoms with Gasteiger partial charge in [-0.15, -0.1) is 12.6 Å². The molecule has 2 aromatic rings. The van der Waals surface area contributed by atoms with Crippen LogP contribution >= 0.6 is 24.4 Å². The molecule has 1 aliphatic heterocycles. The van der Waals surface area contributed by atoms with Gasteiger partial charge in [0.25, 0.3) is 11.6 Å². The lowest BCUT2D eigenvalue weighted by Gasteiger charge is -2.15. The SMILES string of the molecule is Cc1ccc([N+](=O)[O-])cc1-c1ccc(/C=C2\SC(S)N(CC(=O)O)C2=O)o1. The number of amides is 1. The minimum Gasteiger partial charge on any atom is -0.480 e. The minimum absolute atomic E-state index is 0.0457. The molecule has 27 heavy (non-hydrogen) atoms. The predicted octanol–water partition coefficient (Wildman–Crippen LogP) is 3.38. The molecule has 1 saturated heterocycles. The quantitative estimate of drug-likeness (QED) is 0.339. The van der Waals surface area contributed by atoms with Gasteiger partial charge < -0.3 is 14.4 Å². The Bertz CT molecular complexity index is 968. The number of carboxylic acid groups (broad SMARTS) is 1. The van der Waals surface area contributed by atoms with Crippen molar-refractivity contribution >= 4 is 48.0 Å². The van der Waals surface area contributed by atoms with Crippen LogP contribution in [0, 0.1) is 17.0 Å². The molecule has 1 aromatic heterocycles. The number of nitro benzene ring substituents is 1. The number of rotatable bonds is 5. The van der Waals surface area contributed by atoms with E-state index < -0.39 is 28.1 Å². The molecule has 1 atom stereocenters. The van der Waals surface area contributed by atoms with Crippen molar-refractivity contribution in [1.82, 2.24) is 4.90 Å². The summed E-state index contributed by atoms with van der Waals surface area (Å²) in [6.45, 7) is 1.37. The number of nitro groups is 1. The van der Waals surface area contributed by atoms with Gasteiger partial charge in [-0.3, -0.25) is 19.7 Å². The predicted molar refractivity (Wildman–Crippen MR) is 103 cm³/mol. The highest BCUT2D eigenvalue weighted by Crippen LogP contribution is 2.38. The molecule has 1 fully saturated rings. The molecule has 1 aromatic carbocycles. The standard InChI is InChI=1S/C17H14N2O6S2/c1-9-2-3-10(19(23)24)6-12(9)13-5-4-11(25-13)7-14-16(22)18(8-15(20)21)17(26)27-14/h2-7,17,26H,8H2,1H3,(H,20,21)/b14-7-.